The maximum atomic E-state index is 13.1. The van der Waals surface area contributed by atoms with Gasteiger partial charge in [-0.15, -0.1) is 0 Å². The summed E-state index contributed by atoms with van der Waals surface area (Å²) >= 11 is 0. The number of nitriles is 1. The molecule has 1 fully saturated rings. The van der Waals surface area contributed by atoms with Crippen LogP contribution in [0.2, 0.25) is 0 Å². The third-order valence-electron chi connectivity index (χ3n) is 2.67. The molecule has 2 rings (SSSR count). The minimum atomic E-state index is -0.670. The number of nitrogens with zero attached hydrogens (tertiary/aromatic N) is 1. The first-order valence-corrected chi connectivity index (χ1v) is 4.88. The molecule has 1 heterocycles. The second kappa shape index (κ2) is 3.87. The Balaban J connectivity index is 2.42. The Labute approximate surface area is 87.2 Å². The first kappa shape index (κ1) is 9.94. The average Bonchev–Trinajstić information content (AvgIpc) is 2.71. The van der Waals surface area contributed by atoms with Crippen molar-refractivity contribution >= 4 is 0 Å². The van der Waals surface area contributed by atoms with Gasteiger partial charge in [0.15, 0.2) is 0 Å². The van der Waals surface area contributed by atoms with Crippen molar-refractivity contribution in [1.29, 1.82) is 5.26 Å². The maximum Gasteiger partial charge on any atom is 0.144 e. The van der Waals surface area contributed by atoms with E-state index in [-0.39, 0.29) is 17.4 Å². The number of aromatic hydroxyl groups is 1. The molecule has 1 atom stereocenters. The van der Waals surface area contributed by atoms with Crippen LogP contribution in [0.3, 0.4) is 0 Å². The molecule has 1 aliphatic rings. The van der Waals surface area contributed by atoms with Crippen LogP contribution in [0.15, 0.2) is 12.1 Å². The second-order valence-corrected chi connectivity index (χ2v) is 3.65. The molecule has 1 saturated heterocycles. The van der Waals surface area contributed by atoms with Crippen LogP contribution in [0.1, 0.15) is 30.0 Å². The molecule has 0 amide bonds. The fraction of sp³-hybridized carbons (Fsp3) is 0.364. The molecule has 0 unspecified atom stereocenters. The van der Waals surface area contributed by atoms with E-state index in [1.165, 1.54) is 6.07 Å². The van der Waals surface area contributed by atoms with Gasteiger partial charge in [-0.25, -0.2) is 4.39 Å². The van der Waals surface area contributed by atoms with E-state index in [2.05, 4.69) is 5.32 Å². The Morgan fingerprint density at radius 2 is 2.33 bits per heavy atom. The number of phenols is 1. The molecule has 0 aromatic heterocycles. The molecule has 78 valence electrons. The van der Waals surface area contributed by atoms with Gasteiger partial charge in [-0.1, -0.05) is 0 Å². The second-order valence-electron chi connectivity index (χ2n) is 3.65. The van der Waals surface area contributed by atoms with Crippen LogP contribution in [-0.2, 0) is 0 Å². The Bertz CT molecular complexity index is 419. The third kappa shape index (κ3) is 1.79. The number of rotatable bonds is 1. The van der Waals surface area contributed by atoms with Crippen molar-refractivity contribution in [3.63, 3.8) is 0 Å². The van der Waals surface area contributed by atoms with Crippen molar-refractivity contribution in [3.8, 4) is 11.8 Å². The van der Waals surface area contributed by atoms with Gasteiger partial charge in [-0.05, 0) is 25.5 Å². The molecule has 0 saturated carbocycles. The monoisotopic (exact) mass is 206 g/mol. The zero-order valence-electron chi connectivity index (χ0n) is 8.13. The summed E-state index contributed by atoms with van der Waals surface area (Å²) in [5, 5.41) is 21.5. The molecule has 4 heteroatoms. The minimum absolute atomic E-state index is 0.0171. The van der Waals surface area contributed by atoms with Crippen LogP contribution in [0.25, 0.3) is 0 Å². The van der Waals surface area contributed by atoms with Crippen molar-refractivity contribution in [2.75, 3.05) is 6.54 Å². The van der Waals surface area contributed by atoms with Gasteiger partial charge in [0, 0.05) is 17.7 Å². The molecule has 2 N–H and O–H groups in total. The summed E-state index contributed by atoms with van der Waals surface area (Å²) < 4.78 is 13.1. The molecule has 0 radical (unpaired) electrons. The van der Waals surface area contributed by atoms with Gasteiger partial charge >= 0.3 is 0 Å². The molecule has 0 spiro atoms. The van der Waals surface area contributed by atoms with Crippen LogP contribution in [-0.4, -0.2) is 11.7 Å². The van der Waals surface area contributed by atoms with Gasteiger partial charge in [0.25, 0.3) is 0 Å². The zero-order chi connectivity index (χ0) is 10.8. The summed E-state index contributed by atoms with van der Waals surface area (Å²) in [5.41, 5.74) is 0.599. The Kier molecular flexibility index (Phi) is 2.57. The lowest BCUT2D eigenvalue weighted by Gasteiger charge is -2.12. The number of phenolic OH excluding ortho intramolecular Hbond substituents is 1. The van der Waals surface area contributed by atoms with Gasteiger partial charge in [-0.2, -0.15) is 5.26 Å². The van der Waals surface area contributed by atoms with E-state index >= 15 is 0 Å². The normalized spacial score (nSPS) is 20.1. The molecule has 15 heavy (non-hydrogen) atoms. The van der Waals surface area contributed by atoms with E-state index in [9.17, 15) is 9.50 Å². The van der Waals surface area contributed by atoms with Gasteiger partial charge in [0.1, 0.15) is 17.6 Å². The highest BCUT2D eigenvalue weighted by atomic mass is 19.1. The lowest BCUT2D eigenvalue weighted by Crippen LogP contribution is -2.13. The van der Waals surface area contributed by atoms with E-state index < -0.39 is 5.82 Å². The number of halogens is 1. The van der Waals surface area contributed by atoms with Gasteiger partial charge in [-0.3, -0.25) is 0 Å². The zero-order valence-corrected chi connectivity index (χ0v) is 8.13. The molecule has 1 aromatic rings. The van der Waals surface area contributed by atoms with Crippen LogP contribution >= 0.6 is 0 Å². The minimum Gasteiger partial charge on any atom is -0.508 e. The first-order chi connectivity index (χ1) is 7.22. The van der Waals surface area contributed by atoms with E-state index in [4.69, 9.17) is 5.26 Å². The van der Waals surface area contributed by atoms with Crippen molar-refractivity contribution in [1.82, 2.24) is 5.32 Å². The SMILES string of the molecule is N#Cc1cc([C@H]2CCCN2)c(O)cc1F. The average molecular weight is 206 g/mol. The summed E-state index contributed by atoms with van der Waals surface area (Å²) in [6.07, 6.45) is 1.94. The van der Waals surface area contributed by atoms with E-state index in [1.54, 1.807) is 6.07 Å². The Morgan fingerprint density at radius 1 is 1.53 bits per heavy atom. The largest absolute Gasteiger partial charge is 0.508 e. The fourth-order valence-electron chi connectivity index (χ4n) is 1.89. The lowest BCUT2D eigenvalue weighted by molar-refractivity contribution is 0.450. The number of nitrogens with one attached hydrogen (secondary N) is 1. The highest BCUT2D eigenvalue weighted by Crippen LogP contribution is 2.31. The van der Waals surface area contributed by atoms with Crippen molar-refractivity contribution in [2.45, 2.75) is 18.9 Å². The first-order valence-electron chi connectivity index (χ1n) is 4.88. The van der Waals surface area contributed by atoms with Crippen molar-refractivity contribution in [3.05, 3.63) is 29.1 Å². The molecule has 3 nitrogen and oxygen atoms in total. The molecular weight excluding hydrogens is 195 g/mol. The van der Waals surface area contributed by atoms with Gasteiger partial charge < -0.3 is 10.4 Å². The van der Waals surface area contributed by atoms with Crippen molar-refractivity contribution < 1.29 is 9.50 Å². The molecule has 1 aliphatic heterocycles. The predicted molar refractivity (Wildman–Crippen MR) is 52.8 cm³/mol. The highest BCUT2D eigenvalue weighted by Gasteiger charge is 2.21. The Hall–Kier alpha value is -1.60. The number of hydrogen-bond donors (Lipinski definition) is 2. The molecule has 0 aliphatic carbocycles. The smallest absolute Gasteiger partial charge is 0.144 e. The van der Waals surface area contributed by atoms with Gasteiger partial charge in [0.2, 0.25) is 0 Å². The van der Waals surface area contributed by atoms with E-state index in [0.717, 1.165) is 25.5 Å². The third-order valence-corrected chi connectivity index (χ3v) is 2.67. The summed E-state index contributed by atoms with van der Waals surface area (Å²) in [6.45, 7) is 0.892. The molecular formula is C11H11FN2O. The topological polar surface area (TPSA) is 56.0 Å². The van der Waals surface area contributed by atoms with Crippen LogP contribution < -0.4 is 5.32 Å². The predicted octanol–water partition coefficient (Wildman–Crippen LogP) is 1.83. The van der Waals surface area contributed by atoms with E-state index in [0.29, 0.717) is 5.56 Å². The highest BCUT2D eigenvalue weighted by molar-refractivity contribution is 5.44. The summed E-state index contributed by atoms with van der Waals surface area (Å²) in [4.78, 5) is 0. The Morgan fingerprint density at radius 3 is 2.93 bits per heavy atom. The van der Waals surface area contributed by atoms with Gasteiger partial charge in [0.05, 0.1) is 5.56 Å². The molecule has 0 bridgehead atoms. The number of benzene rings is 1. The molecule has 1 aromatic carbocycles. The lowest BCUT2D eigenvalue weighted by atomic mass is 10.0. The number of hydrogen-bond acceptors (Lipinski definition) is 3. The summed E-state index contributed by atoms with van der Waals surface area (Å²) in [6, 6.07) is 4.24. The fourth-order valence-corrected chi connectivity index (χ4v) is 1.89. The standard InChI is InChI=1S/C11H11FN2O/c12-9-5-11(15)8(4-7(9)6-13)10-2-1-3-14-10/h4-5,10,14-15H,1-3H2/t10-/m1/s1. The maximum absolute atomic E-state index is 13.1. The summed E-state index contributed by atoms with van der Waals surface area (Å²) in [7, 11) is 0. The quantitative estimate of drug-likeness (QED) is 0.737. The summed E-state index contributed by atoms with van der Waals surface area (Å²) in [5.74, 6) is -0.748. The van der Waals surface area contributed by atoms with Crippen LogP contribution in [0.4, 0.5) is 4.39 Å². The van der Waals surface area contributed by atoms with Crippen molar-refractivity contribution in [2.24, 2.45) is 0 Å². The van der Waals surface area contributed by atoms with Crippen LogP contribution in [0.5, 0.6) is 5.75 Å². The van der Waals surface area contributed by atoms with E-state index in [1.807, 2.05) is 0 Å². The van der Waals surface area contributed by atoms with Crippen LogP contribution in [0, 0.1) is 17.1 Å².